The number of aromatic nitrogens is 1. The number of carbonyl (C=O) groups is 1. The van der Waals surface area contributed by atoms with Crippen LogP contribution in [0.1, 0.15) is 137 Å². The predicted octanol–water partition coefficient (Wildman–Crippen LogP) is 13.1. The summed E-state index contributed by atoms with van der Waals surface area (Å²) in [5.41, 5.74) is 9.42. The summed E-state index contributed by atoms with van der Waals surface area (Å²) >= 11 is 0. The minimum atomic E-state index is -0.337. The van der Waals surface area contributed by atoms with Gasteiger partial charge in [0.05, 0.1) is 0 Å². The third-order valence-corrected chi connectivity index (χ3v) is 10.8. The maximum absolute atomic E-state index is 12.2. The number of aliphatic hydroxyl groups is 1. The van der Waals surface area contributed by atoms with Gasteiger partial charge in [0.1, 0.15) is 17.1 Å². The summed E-state index contributed by atoms with van der Waals surface area (Å²) in [7, 11) is 0. The first kappa shape index (κ1) is 43.2. The van der Waals surface area contributed by atoms with Gasteiger partial charge in [-0.25, -0.2) is 0 Å². The third kappa shape index (κ3) is 9.45. The van der Waals surface area contributed by atoms with Gasteiger partial charge in [-0.3, -0.25) is 4.79 Å². The number of hydrogen-bond acceptors (Lipinski definition) is 4. The molecule has 5 heteroatoms. The zero-order valence-corrected chi connectivity index (χ0v) is 35.9. The number of pyridine rings is 1. The average Bonchev–Trinajstić information content (AvgIpc) is 3.38. The Morgan fingerprint density at radius 3 is 1.90 bits per heavy atom. The maximum Gasteiger partial charge on any atom is 0.164 e. The van der Waals surface area contributed by atoms with E-state index in [9.17, 15) is 9.90 Å². The van der Waals surface area contributed by atoms with E-state index in [0.717, 1.165) is 70.4 Å². The van der Waals surface area contributed by atoms with E-state index in [4.69, 9.17) is 9.40 Å². The number of aryl methyl sites for hydroxylation is 3. The van der Waals surface area contributed by atoms with Gasteiger partial charge in [-0.1, -0.05) is 115 Å². The minimum absolute atomic E-state index is 0. The Morgan fingerprint density at radius 2 is 1.40 bits per heavy atom. The van der Waals surface area contributed by atoms with Crippen molar-refractivity contribution in [3.63, 3.8) is 0 Å². The van der Waals surface area contributed by atoms with Crippen molar-refractivity contribution >= 4 is 16.8 Å². The molecule has 2 aromatic carbocycles. The quantitative estimate of drug-likeness (QED) is 0.103. The monoisotopic (exact) mass is 857 g/mol. The van der Waals surface area contributed by atoms with E-state index in [-0.39, 0.29) is 53.3 Å². The van der Waals surface area contributed by atoms with Crippen LogP contribution in [0.4, 0.5) is 0 Å². The molecule has 0 bridgehead atoms. The van der Waals surface area contributed by atoms with E-state index >= 15 is 0 Å². The van der Waals surface area contributed by atoms with Crippen molar-refractivity contribution in [1.82, 2.24) is 4.98 Å². The van der Waals surface area contributed by atoms with Crippen molar-refractivity contribution in [3.8, 4) is 22.6 Å². The SMILES string of the molecule is CCC(C)(CC)C(=O)/C=C(\O)C(C)(CC)CC.Cc1[c-]c(-c2nccc3c(C)c(-c4ccc(C(C)(C)C)cc4C(C)(C)C)oc23)cc(C)c1.[Ir]. The van der Waals surface area contributed by atoms with Gasteiger partial charge in [0.2, 0.25) is 0 Å². The zero-order chi connectivity index (χ0) is 37.1. The third-order valence-electron chi connectivity index (χ3n) is 10.8. The fourth-order valence-corrected chi connectivity index (χ4v) is 6.13. The second kappa shape index (κ2) is 16.6. The maximum atomic E-state index is 12.2. The second-order valence-electron chi connectivity index (χ2n) is 16.5. The second-order valence-corrected chi connectivity index (χ2v) is 16.5. The molecule has 0 amide bonds. The zero-order valence-electron chi connectivity index (χ0n) is 33.5. The predicted molar refractivity (Wildman–Crippen MR) is 208 cm³/mol. The largest absolute Gasteiger partial charge is 0.512 e. The number of allylic oxidation sites excluding steroid dienone is 2. The molecule has 1 radical (unpaired) electrons. The molecule has 0 saturated heterocycles. The van der Waals surface area contributed by atoms with Crippen LogP contribution in [0, 0.1) is 37.7 Å². The molecule has 2 aromatic heterocycles. The molecular weight excluding hydrogens is 795 g/mol. The summed E-state index contributed by atoms with van der Waals surface area (Å²) in [5, 5.41) is 11.2. The smallest absolute Gasteiger partial charge is 0.164 e. The number of benzene rings is 2. The first-order valence-electron chi connectivity index (χ1n) is 18.2. The molecule has 0 unspecified atom stereocenters. The van der Waals surface area contributed by atoms with Crippen LogP contribution < -0.4 is 0 Å². The number of carbonyl (C=O) groups excluding carboxylic acids is 1. The Kier molecular flexibility index (Phi) is 14.3. The van der Waals surface area contributed by atoms with Gasteiger partial charge < -0.3 is 14.5 Å². The molecule has 4 nitrogen and oxygen atoms in total. The molecule has 4 rings (SSSR count). The van der Waals surface area contributed by atoms with Gasteiger partial charge in [0.15, 0.2) is 5.78 Å². The molecule has 0 fully saturated rings. The first-order valence-corrected chi connectivity index (χ1v) is 18.2. The summed E-state index contributed by atoms with van der Waals surface area (Å²) in [5.74, 6) is 1.22. The molecule has 2 heterocycles. The van der Waals surface area contributed by atoms with Crippen molar-refractivity contribution in [2.24, 2.45) is 10.8 Å². The van der Waals surface area contributed by atoms with Crippen molar-refractivity contribution in [2.45, 2.75) is 140 Å². The van der Waals surface area contributed by atoms with Crippen LogP contribution in [0.3, 0.4) is 0 Å². The molecular formula is C45H62IrNO3-. The summed E-state index contributed by atoms with van der Waals surface area (Å²) in [6, 6.07) is 16.6. The van der Waals surface area contributed by atoms with Crippen LogP contribution in [-0.2, 0) is 35.7 Å². The molecule has 0 aliphatic heterocycles. The Balaban J connectivity index is 0.000000413. The summed E-state index contributed by atoms with van der Waals surface area (Å²) in [6.45, 7) is 32.0. The van der Waals surface area contributed by atoms with Gasteiger partial charge in [-0.15, -0.1) is 34.9 Å². The molecule has 275 valence electrons. The first-order chi connectivity index (χ1) is 22.6. The topological polar surface area (TPSA) is 63.3 Å². The van der Waals surface area contributed by atoms with Crippen molar-refractivity contribution < 1.29 is 34.4 Å². The van der Waals surface area contributed by atoms with Crippen molar-refractivity contribution in [3.05, 3.63) is 88.3 Å². The number of furan rings is 1. The van der Waals surface area contributed by atoms with Crippen LogP contribution in [0.15, 0.2) is 58.8 Å². The van der Waals surface area contributed by atoms with E-state index in [0.29, 0.717) is 0 Å². The Hall–Kier alpha value is -3.01. The van der Waals surface area contributed by atoms with E-state index in [1.54, 1.807) is 0 Å². The van der Waals surface area contributed by atoms with E-state index in [1.165, 1.54) is 22.8 Å². The standard InChI is InChI=1S/C30H34NO.C15H28O2.Ir/c1-18-14-19(2)16-21(15-18)26-28-23(12-13-31-26)20(3)27(32-28)24-11-10-22(29(4,5)6)17-25(24)30(7,8)9;1-7-14(5,8-2)12(16)11-13(17)15(6,9-3)10-4;/h10-15,17H,1-9H3;11,16H,7-10H2,1-6H3;/q-1;;/b;12-11-;. The van der Waals surface area contributed by atoms with Crippen LogP contribution in [0.2, 0.25) is 0 Å². The van der Waals surface area contributed by atoms with Gasteiger partial charge in [-0.2, -0.15) is 0 Å². The molecule has 50 heavy (non-hydrogen) atoms. The number of aliphatic hydroxyl groups excluding tert-OH is 1. The molecule has 1 N–H and O–H groups in total. The average molecular weight is 857 g/mol. The number of nitrogens with zero attached hydrogens (tertiary/aromatic N) is 1. The number of hydrogen-bond donors (Lipinski definition) is 1. The van der Waals surface area contributed by atoms with Crippen molar-refractivity contribution in [1.29, 1.82) is 0 Å². The van der Waals surface area contributed by atoms with Gasteiger partial charge in [0.25, 0.3) is 0 Å². The molecule has 0 saturated carbocycles. The van der Waals surface area contributed by atoms with Crippen molar-refractivity contribution in [2.75, 3.05) is 0 Å². The normalized spacial score (nSPS) is 12.7. The van der Waals surface area contributed by atoms with Crippen LogP contribution >= 0.6 is 0 Å². The Labute approximate surface area is 316 Å². The molecule has 0 atom stereocenters. The summed E-state index contributed by atoms with van der Waals surface area (Å²) in [6.07, 6.45) is 6.63. The Morgan fingerprint density at radius 1 is 0.820 bits per heavy atom. The molecule has 0 aliphatic rings. The molecule has 4 aromatic rings. The van der Waals surface area contributed by atoms with Crippen LogP contribution in [0.5, 0.6) is 0 Å². The van der Waals surface area contributed by atoms with E-state index < -0.39 is 0 Å². The summed E-state index contributed by atoms with van der Waals surface area (Å²) in [4.78, 5) is 16.9. The number of fused-ring (bicyclic) bond motifs is 1. The Bertz CT molecular complexity index is 1780. The molecule has 0 aliphatic carbocycles. The number of rotatable bonds is 9. The number of ketones is 1. The molecule has 0 spiro atoms. The summed E-state index contributed by atoms with van der Waals surface area (Å²) < 4.78 is 6.63. The fraction of sp³-hybridized carbons (Fsp3) is 0.511. The van der Waals surface area contributed by atoms with E-state index in [1.807, 2.05) is 47.7 Å². The van der Waals surface area contributed by atoms with Crippen LogP contribution in [0.25, 0.3) is 33.6 Å². The van der Waals surface area contributed by atoms with Gasteiger partial charge in [0, 0.05) is 65.4 Å². The minimum Gasteiger partial charge on any atom is -0.512 e. The van der Waals surface area contributed by atoms with Gasteiger partial charge in [-0.05, 0) is 60.6 Å². The fourth-order valence-electron chi connectivity index (χ4n) is 6.13. The van der Waals surface area contributed by atoms with E-state index in [2.05, 4.69) is 105 Å². The van der Waals surface area contributed by atoms with Gasteiger partial charge >= 0.3 is 0 Å². The van der Waals surface area contributed by atoms with Crippen LogP contribution in [-0.4, -0.2) is 15.9 Å².